The van der Waals surface area contributed by atoms with E-state index in [-0.39, 0.29) is 24.2 Å². The number of nitrogens with two attached hydrogens (primary N) is 1. The molecule has 0 spiro atoms. The van der Waals surface area contributed by atoms with Crippen LogP contribution in [-0.4, -0.2) is 34.8 Å². The van der Waals surface area contributed by atoms with Crippen molar-refractivity contribution in [3.05, 3.63) is 16.4 Å². The lowest BCUT2D eigenvalue weighted by atomic mass is 9.96. The standard InChI is InChI=1S/C13H20ClN3O2/c1-3-10-13(14)11(17(4-2)16-10)5-12(18)8-6-19-7-9(8)15/h8-9H,3-7,15H2,1-2H3. The Morgan fingerprint density at radius 2 is 2.26 bits per heavy atom. The Balaban J connectivity index is 2.18. The number of aryl methyl sites for hydroxylation is 2. The predicted molar refractivity (Wildman–Crippen MR) is 73.3 cm³/mol. The van der Waals surface area contributed by atoms with Gasteiger partial charge in [0.15, 0.2) is 0 Å². The second-order valence-corrected chi connectivity index (χ2v) is 5.21. The van der Waals surface area contributed by atoms with E-state index in [0.717, 1.165) is 17.8 Å². The summed E-state index contributed by atoms with van der Waals surface area (Å²) >= 11 is 6.30. The van der Waals surface area contributed by atoms with Crippen molar-refractivity contribution >= 4 is 17.4 Å². The van der Waals surface area contributed by atoms with E-state index in [1.807, 2.05) is 13.8 Å². The van der Waals surface area contributed by atoms with Crippen molar-refractivity contribution < 1.29 is 9.53 Å². The molecular formula is C13H20ClN3O2. The summed E-state index contributed by atoms with van der Waals surface area (Å²) in [5, 5.41) is 5.03. The number of rotatable bonds is 5. The van der Waals surface area contributed by atoms with Gasteiger partial charge in [-0.15, -0.1) is 0 Å². The fourth-order valence-electron chi connectivity index (χ4n) is 2.38. The zero-order valence-electron chi connectivity index (χ0n) is 11.4. The van der Waals surface area contributed by atoms with Crippen LogP contribution in [0.5, 0.6) is 0 Å². The van der Waals surface area contributed by atoms with Crippen LogP contribution in [0.25, 0.3) is 0 Å². The molecule has 1 fully saturated rings. The van der Waals surface area contributed by atoms with Gasteiger partial charge in [0.25, 0.3) is 0 Å². The molecule has 0 saturated carbocycles. The average Bonchev–Trinajstić information content (AvgIpc) is 2.95. The molecule has 0 aliphatic carbocycles. The Morgan fingerprint density at radius 1 is 1.53 bits per heavy atom. The van der Waals surface area contributed by atoms with Crippen LogP contribution in [-0.2, 0) is 28.9 Å². The number of hydrogen-bond donors (Lipinski definition) is 1. The van der Waals surface area contributed by atoms with Crippen LogP contribution in [0.1, 0.15) is 25.2 Å². The Morgan fingerprint density at radius 3 is 2.79 bits per heavy atom. The molecule has 1 aromatic rings. The van der Waals surface area contributed by atoms with E-state index < -0.39 is 0 Å². The average molecular weight is 286 g/mol. The number of ether oxygens (including phenoxy) is 1. The van der Waals surface area contributed by atoms with Gasteiger partial charge in [0.05, 0.1) is 42.0 Å². The highest BCUT2D eigenvalue weighted by atomic mass is 35.5. The molecule has 0 amide bonds. The first-order chi connectivity index (χ1) is 9.08. The first kappa shape index (κ1) is 14.5. The lowest BCUT2D eigenvalue weighted by Crippen LogP contribution is -2.35. The first-order valence-corrected chi connectivity index (χ1v) is 7.06. The van der Waals surface area contributed by atoms with Gasteiger partial charge in [-0.05, 0) is 13.3 Å². The van der Waals surface area contributed by atoms with Gasteiger partial charge in [-0.25, -0.2) is 0 Å². The number of nitrogens with zero attached hydrogens (tertiary/aromatic N) is 2. The van der Waals surface area contributed by atoms with Gasteiger partial charge in [0.1, 0.15) is 5.78 Å². The van der Waals surface area contributed by atoms with Gasteiger partial charge in [-0.1, -0.05) is 18.5 Å². The van der Waals surface area contributed by atoms with E-state index in [4.69, 9.17) is 22.1 Å². The molecule has 1 aliphatic rings. The van der Waals surface area contributed by atoms with Gasteiger partial charge in [0, 0.05) is 12.6 Å². The molecule has 2 N–H and O–H groups in total. The van der Waals surface area contributed by atoms with E-state index in [9.17, 15) is 4.79 Å². The molecule has 1 saturated heterocycles. The van der Waals surface area contributed by atoms with Crippen molar-refractivity contribution in [1.82, 2.24) is 9.78 Å². The van der Waals surface area contributed by atoms with E-state index in [1.165, 1.54) is 0 Å². The van der Waals surface area contributed by atoms with Crippen LogP contribution in [0.15, 0.2) is 0 Å². The SMILES string of the molecule is CCc1nn(CC)c(CC(=O)C2COCC2N)c1Cl. The van der Waals surface area contributed by atoms with Gasteiger partial charge in [0.2, 0.25) is 0 Å². The molecule has 1 aromatic heterocycles. The summed E-state index contributed by atoms with van der Waals surface area (Å²) in [5.41, 5.74) is 7.51. The minimum absolute atomic E-state index is 0.0872. The lowest BCUT2D eigenvalue weighted by Gasteiger charge is -2.12. The molecule has 0 bridgehead atoms. The summed E-state index contributed by atoms with van der Waals surface area (Å²) < 4.78 is 7.05. The summed E-state index contributed by atoms with van der Waals surface area (Å²) in [6.45, 7) is 5.56. The molecule has 0 radical (unpaired) electrons. The Hall–Kier alpha value is -0.910. The molecule has 2 unspecified atom stereocenters. The molecule has 19 heavy (non-hydrogen) atoms. The van der Waals surface area contributed by atoms with E-state index in [2.05, 4.69) is 5.10 Å². The van der Waals surface area contributed by atoms with Gasteiger partial charge >= 0.3 is 0 Å². The number of carbonyl (C=O) groups is 1. The van der Waals surface area contributed by atoms with Crippen LogP contribution in [0, 0.1) is 5.92 Å². The third kappa shape index (κ3) is 2.83. The number of halogens is 1. The molecule has 5 nitrogen and oxygen atoms in total. The molecule has 2 heterocycles. The molecule has 106 valence electrons. The molecule has 0 aromatic carbocycles. The van der Waals surface area contributed by atoms with E-state index in [1.54, 1.807) is 4.68 Å². The summed E-state index contributed by atoms with van der Waals surface area (Å²) in [4.78, 5) is 12.3. The Bertz CT molecular complexity index is 473. The van der Waals surface area contributed by atoms with Crippen molar-refractivity contribution in [2.75, 3.05) is 13.2 Å². The number of hydrogen-bond acceptors (Lipinski definition) is 4. The Kier molecular flexibility index (Phi) is 4.60. The first-order valence-electron chi connectivity index (χ1n) is 6.68. The highest BCUT2D eigenvalue weighted by Gasteiger charge is 2.32. The van der Waals surface area contributed by atoms with Crippen LogP contribution in [0.3, 0.4) is 0 Å². The number of Topliss-reactive ketones (excluding diaryl/α,β-unsaturated/α-hetero) is 1. The van der Waals surface area contributed by atoms with Crippen molar-refractivity contribution in [3.8, 4) is 0 Å². The zero-order valence-corrected chi connectivity index (χ0v) is 12.1. The number of aromatic nitrogens is 2. The molecule has 2 atom stereocenters. The van der Waals surface area contributed by atoms with Crippen molar-refractivity contribution in [3.63, 3.8) is 0 Å². The van der Waals surface area contributed by atoms with Crippen molar-refractivity contribution in [2.45, 2.75) is 39.3 Å². The molecular weight excluding hydrogens is 266 g/mol. The topological polar surface area (TPSA) is 70.1 Å². The predicted octanol–water partition coefficient (Wildman–Crippen LogP) is 1.20. The van der Waals surface area contributed by atoms with Gasteiger partial charge < -0.3 is 10.5 Å². The van der Waals surface area contributed by atoms with Crippen LogP contribution in [0.4, 0.5) is 0 Å². The van der Waals surface area contributed by atoms with Crippen molar-refractivity contribution in [1.29, 1.82) is 0 Å². The summed E-state index contributed by atoms with van der Waals surface area (Å²) in [6.07, 6.45) is 1.04. The van der Waals surface area contributed by atoms with Gasteiger partial charge in [-0.3, -0.25) is 9.48 Å². The summed E-state index contributed by atoms with van der Waals surface area (Å²) in [7, 11) is 0. The second kappa shape index (κ2) is 6.03. The molecule has 1 aliphatic heterocycles. The highest BCUT2D eigenvalue weighted by molar-refractivity contribution is 6.32. The van der Waals surface area contributed by atoms with E-state index in [0.29, 0.717) is 24.8 Å². The monoisotopic (exact) mass is 285 g/mol. The normalized spacial score (nSPS) is 22.9. The third-order valence-corrected chi connectivity index (χ3v) is 4.01. The maximum absolute atomic E-state index is 12.3. The summed E-state index contributed by atoms with van der Waals surface area (Å²) in [5.74, 6) is -0.134. The maximum Gasteiger partial charge on any atom is 0.145 e. The smallest absolute Gasteiger partial charge is 0.145 e. The second-order valence-electron chi connectivity index (χ2n) is 4.83. The van der Waals surface area contributed by atoms with Crippen molar-refractivity contribution in [2.24, 2.45) is 11.7 Å². The molecule has 6 heteroatoms. The number of carbonyl (C=O) groups excluding carboxylic acids is 1. The Labute approximate surface area is 118 Å². The highest BCUT2D eigenvalue weighted by Crippen LogP contribution is 2.24. The number of ketones is 1. The fraction of sp³-hybridized carbons (Fsp3) is 0.692. The zero-order chi connectivity index (χ0) is 14.0. The third-order valence-electron chi connectivity index (χ3n) is 3.57. The fourth-order valence-corrected chi connectivity index (χ4v) is 2.72. The lowest BCUT2D eigenvalue weighted by molar-refractivity contribution is -0.122. The van der Waals surface area contributed by atoms with Crippen LogP contribution >= 0.6 is 11.6 Å². The largest absolute Gasteiger partial charge is 0.379 e. The van der Waals surface area contributed by atoms with Gasteiger partial charge in [-0.2, -0.15) is 5.10 Å². The van der Waals surface area contributed by atoms with E-state index >= 15 is 0 Å². The minimum Gasteiger partial charge on any atom is -0.379 e. The van der Waals surface area contributed by atoms with Crippen LogP contribution < -0.4 is 5.73 Å². The quantitative estimate of drug-likeness (QED) is 0.883. The van der Waals surface area contributed by atoms with Crippen LogP contribution in [0.2, 0.25) is 5.02 Å². The minimum atomic E-state index is -0.221. The molecule has 2 rings (SSSR count). The maximum atomic E-state index is 12.3. The summed E-state index contributed by atoms with van der Waals surface area (Å²) in [6, 6.07) is -0.199.